The molecule has 4 nitrogen and oxygen atoms in total. The van der Waals surface area contributed by atoms with E-state index in [9.17, 15) is 10.2 Å². The van der Waals surface area contributed by atoms with Gasteiger partial charge in [0.25, 0.3) is 0 Å². The molecule has 2 heterocycles. The van der Waals surface area contributed by atoms with Crippen molar-refractivity contribution >= 4 is 0 Å². The zero-order valence-electron chi connectivity index (χ0n) is 8.58. The fraction of sp³-hybridized carbons (Fsp3) is 1.00. The molecular weight excluding hydrogens is 180 g/mol. The van der Waals surface area contributed by atoms with E-state index in [0.717, 1.165) is 38.9 Å². The van der Waals surface area contributed by atoms with E-state index in [1.807, 2.05) is 0 Å². The summed E-state index contributed by atoms with van der Waals surface area (Å²) in [7, 11) is 0. The molecule has 0 amide bonds. The molecule has 0 bridgehead atoms. The number of β-amino-alcohol motifs (C(OH)–C–C–N with tert-alkyl or cyclic N) is 1. The molecule has 2 rings (SSSR count). The Morgan fingerprint density at radius 3 is 2.79 bits per heavy atom. The summed E-state index contributed by atoms with van der Waals surface area (Å²) < 4.78 is 0. The second kappa shape index (κ2) is 4.57. The molecule has 0 spiro atoms. The van der Waals surface area contributed by atoms with Crippen LogP contribution in [0.3, 0.4) is 0 Å². The molecule has 0 aromatic rings. The second-order valence-electron chi connectivity index (χ2n) is 4.58. The SMILES string of the molecule is OC1CCC[NH+](C2CCNCC2O)C1. The van der Waals surface area contributed by atoms with Crippen LogP contribution in [0.4, 0.5) is 0 Å². The highest BCUT2D eigenvalue weighted by atomic mass is 16.3. The van der Waals surface area contributed by atoms with E-state index >= 15 is 0 Å². The molecule has 14 heavy (non-hydrogen) atoms. The molecule has 2 aliphatic rings. The number of piperidine rings is 2. The number of aliphatic hydroxyl groups excluding tert-OH is 2. The van der Waals surface area contributed by atoms with E-state index in [-0.39, 0.29) is 12.2 Å². The first-order chi connectivity index (χ1) is 6.77. The lowest BCUT2D eigenvalue weighted by molar-refractivity contribution is -0.937. The zero-order chi connectivity index (χ0) is 9.97. The molecule has 4 heteroatoms. The largest absolute Gasteiger partial charge is 0.387 e. The van der Waals surface area contributed by atoms with Gasteiger partial charge in [-0.05, 0) is 12.8 Å². The van der Waals surface area contributed by atoms with Crippen molar-refractivity contribution in [1.82, 2.24) is 5.32 Å². The number of hydrogen-bond acceptors (Lipinski definition) is 3. The van der Waals surface area contributed by atoms with E-state index < -0.39 is 0 Å². The van der Waals surface area contributed by atoms with Crippen LogP contribution in [0.25, 0.3) is 0 Å². The third kappa shape index (κ3) is 2.25. The van der Waals surface area contributed by atoms with Gasteiger partial charge in [-0.3, -0.25) is 0 Å². The maximum Gasteiger partial charge on any atom is 0.118 e. The van der Waals surface area contributed by atoms with Crippen LogP contribution in [0.1, 0.15) is 19.3 Å². The van der Waals surface area contributed by atoms with E-state index in [1.54, 1.807) is 0 Å². The number of rotatable bonds is 1. The van der Waals surface area contributed by atoms with Crippen LogP contribution in [0.5, 0.6) is 0 Å². The van der Waals surface area contributed by atoms with Crippen molar-refractivity contribution in [2.75, 3.05) is 26.2 Å². The van der Waals surface area contributed by atoms with Crippen molar-refractivity contribution in [2.45, 2.75) is 37.5 Å². The fourth-order valence-corrected chi connectivity index (χ4v) is 2.73. The zero-order valence-corrected chi connectivity index (χ0v) is 8.58. The van der Waals surface area contributed by atoms with Gasteiger partial charge in [-0.1, -0.05) is 0 Å². The van der Waals surface area contributed by atoms with Gasteiger partial charge in [0.05, 0.1) is 6.54 Å². The van der Waals surface area contributed by atoms with Crippen molar-refractivity contribution in [3.05, 3.63) is 0 Å². The van der Waals surface area contributed by atoms with Crippen LogP contribution in [-0.4, -0.2) is 54.6 Å². The van der Waals surface area contributed by atoms with E-state index in [0.29, 0.717) is 12.6 Å². The van der Waals surface area contributed by atoms with Gasteiger partial charge >= 0.3 is 0 Å². The molecule has 4 atom stereocenters. The molecule has 82 valence electrons. The van der Waals surface area contributed by atoms with E-state index in [4.69, 9.17) is 0 Å². The lowest BCUT2D eigenvalue weighted by Gasteiger charge is -2.38. The molecule has 0 radical (unpaired) electrons. The van der Waals surface area contributed by atoms with Crippen LogP contribution in [-0.2, 0) is 0 Å². The summed E-state index contributed by atoms with van der Waals surface area (Å²) in [6, 6.07) is 0.339. The Kier molecular flexibility index (Phi) is 3.38. The molecule has 0 aromatic carbocycles. The Morgan fingerprint density at radius 1 is 1.21 bits per heavy atom. The van der Waals surface area contributed by atoms with Crippen molar-refractivity contribution < 1.29 is 15.1 Å². The monoisotopic (exact) mass is 201 g/mol. The summed E-state index contributed by atoms with van der Waals surface area (Å²) in [5.74, 6) is 0. The predicted molar refractivity (Wildman–Crippen MR) is 53.2 cm³/mol. The Labute approximate surface area is 84.9 Å². The predicted octanol–water partition coefficient (Wildman–Crippen LogP) is -2.25. The maximum absolute atomic E-state index is 9.84. The normalized spacial score (nSPS) is 45.0. The number of hydrogen-bond donors (Lipinski definition) is 4. The molecule has 0 aromatic heterocycles. The van der Waals surface area contributed by atoms with Gasteiger partial charge in [0.2, 0.25) is 0 Å². The second-order valence-corrected chi connectivity index (χ2v) is 4.58. The lowest BCUT2D eigenvalue weighted by Crippen LogP contribution is -3.19. The molecule has 0 saturated carbocycles. The summed E-state index contributed by atoms with van der Waals surface area (Å²) in [4.78, 5) is 1.40. The van der Waals surface area contributed by atoms with Gasteiger partial charge < -0.3 is 20.4 Å². The minimum absolute atomic E-state index is 0.152. The lowest BCUT2D eigenvalue weighted by atomic mass is 9.98. The van der Waals surface area contributed by atoms with Crippen LogP contribution < -0.4 is 10.2 Å². The van der Waals surface area contributed by atoms with Crippen LogP contribution in [0.15, 0.2) is 0 Å². The van der Waals surface area contributed by atoms with Gasteiger partial charge in [-0.2, -0.15) is 0 Å². The molecular formula is C10H21N2O2+. The number of quaternary nitrogens is 1. The van der Waals surface area contributed by atoms with Gasteiger partial charge in [0.1, 0.15) is 24.8 Å². The summed E-state index contributed by atoms with van der Waals surface area (Å²) in [5, 5.41) is 22.6. The smallest absolute Gasteiger partial charge is 0.118 e. The summed E-state index contributed by atoms with van der Waals surface area (Å²) in [6.45, 7) is 3.64. The minimum Gasteiger partial charge on any atom is -0.387 e. The average molecular weight is 201 g/mol. The maximum atomic E-state index is 9.84. The highest BCUT2D eigenvalue weighted by Crippen LogP contribution is 2.04. The Morgan fingerprint density at radius 2 is 2.07 bits per heavy atom. The van der Waals surface area contributed by atoms with Gasteiger partial charge in [-0.25, -0.2) is 0 Å². The third-order valence-electron chi connectivity index (χ3n) is 3.51. The van der Waals surface area contributed by atoms with Crippen LogP contribution in [0.2, 0.25) is 0 Å². The van der Waals surface area contributed by atoms with Crippen molar-refractivity contribution in [2.24, 2.45) is 0 Å². The molecule has 0 aliphatic carbocycles. The first-order valence-electron chi connectivity index (χ1n) is 5.69. The van der Waals surface area contributed by atoms with Crippen molar-refractivity contribution in [3.63, 3.8) is 0 Å². The summed E-state index contributed by atoms with van der Waals surface area (Å²) >= 11 is 0. The van der Waals surface area contributed by atoms with E-state index in [2.05, 4.69) is 5.32 Å². The summed E-state index contributed by atoms with van der Waals surface area (Å²) in [6.07, 6.45) is 2.67. The third-order valence-corrected chi connectivity index (χ3v) is 3.51. The average Bonchev–Trinajstić information content (AvgIpc) is 2.18. The summed E-state index contributed by atoms with van der Waals surface area (Å²) in [5.41, 5.74) is 0. The number of aliphatic hydroxyl groups is 2. The Balaban J connectivity index is 1.91. The molecule has 2 aliphatic heterocycles. The Hall–Kier alpha value is -0.160. The standard InChI is InChI=1S/C10H20N2O2/c13-8-2-1-5-12(7-8)9-3-4-11-6-10(9)14/h8-11,13-14H,1-7H2/p+1. The van der Waals surface area contributed by atoms with Gasteiger partial charge in [0, 0.05) is 19.5 Å². The molecule has 2 fully saturated rings. The first-order valence-corrected chi connectivity index (χ1v) is 5.69. The number of nitrogens with one attached hydrogen (secondary N) is 2. The fourth-order valence-electron chi connectivity index (χ4n) is 2.73. The quantitative estimate of drug-likeness (QED) is 0.388. The minimum atomic E-state index is -0.232. The topological polar surface area (TPSA) is 56.9 Å². The molecule has 4 N–H and O–H groups in total. The Bertz CT molecular complexity index is 189. The highest BCUT2D eigenvalue weighted by Gasteiger charge is 2.34. The highest BCUT2D eigenvalue weighted by molar-refractivity contribution is 4.77. The molecule has 4 unspecified atom stereocenters. The molecule has 2 saturated heterocycles. The number of likely N-dealkylation sites (tertiary alicyclic amines) is 1. The van der Waals surface area contributed by atoms with Crippen molar-refractivity contribution in [1.29, 1.82) is 0 Å². The van der Waals surface area contributed by atoms with E-state index in [1.165, 1.54) is 4.90 Å². The van der Waals surface area contributed by atoms with Crippen LogP contribution >= 0.6 is 0 Å². The van der Waals surface area contributed by atoms with Gasteiger partial charge in [0.15, 0.2) is 0 Å². The van der Waals surface area contributed by atoms with Crippen molar-refractivity contribution in [3.8, 4) is 0 Å². The first kappa shape index (κ1) is 10.4. The van der Waals surface area contributed by atoms with Gasteiger partial charge in [-0.15, -0.1) is 0 Å². The van der Waals surface area contributed by atoms with Crippen LogP contribution in [0, 0.1) is 0 Å².